The number of halogens is 3. The fraction of sp³-hybridized carbons (Fsp3) is 0.176. The van der Waals surface area contributed by atoms with Crippen molar-refractivity contribution in [2.24, 2.45) is 0 Å². The third kappa shape index (κ3) is 3.79. The highest BCUT2D eigenvalue weighted by atomic mass is 19.4. The standard InChI is InChI=1S/C17H13F3O/c1-3-14-7-8-15(10-16(14)17(18,19)20)21-11-13-6-4-5-12(2)9-13/h1,4-10H,11H2,2H3. The first-order valence-corrected chi connectivity index (χ1v) is 6.26. The molecule has 0 saturated carbocycles. The molecule has 0 saturated heterocycles. The number of hydrogen-bond donors (Lipinski definition) is 0. The number of terminal acetylenes is 1. The lowest BCUT2D eigenvalue weighted by Crippen LogP contribution is -2.08. The zero-order valence-corrected chi connectivity index (χ0v) is 11.4. The van der Waals surface area contributed by atoms with E-state index in [9.17, 15) is 13.2 Å². The van der Waals surface area contributed by atoms with Crippen molar-refractivity contribution in [1.29, 1.82) is 0 Å². The molecule has 0 fully saturated rings. The summed E-state index contributed by atoms with van der Waals surface area (Å²) < 4.78 is 44.1. The number of aryl methyl sites for hydroxylation is 1. The molecule has 0 spiro atoms. The van der Waals surface area contributed by atoms with Gasteiger partial charge in [0.1, 0.15) is 12.4 Å². The molecule has 2 rings (SSSR count). The molecular weight excluding hydrogens is 277 g/mol. The van der Waals surface area contributed by atoms with E-state index in [0.717, 1.165) is 17.2 Å². The van der Waals surface area contributed by atoms with Crippen LogP contribution in [0.2, 0.25) is 0 Å². The second-order valence-corrected chi connectivity index (χ2v) is 4.63. The molecule has 0 bridgehead atoms. The number of alkyl halides is 3. The van der Waals surface area contributed by atoms with Crippen LogP contribution in [0.5, 0.6) is 5.75 Å². The highest BCUT2D eigenvalue weighted by molar-refractivity contribution is 5.46. The summed E-state index contributed by atoms with van der Waals surface area (Å²) in [6.45, 7) is 2.14. The van der Waals surface area contributed by atoms with Crippen molar-refractivity contribution < 1.29 is 17.9 Å². The number of benzene rings is 2. The minimum Gasteiger partial charge on any atom is -0.489 e. The van der Waals surface area contributed by atoms with Gasteiger partial charge in [0, 0.05) is 5.56 Å². The van der Waals surface area contributed by atoms with Gasteiger partial charge in [-0.3, -0.25) is 0 Å². The van der Waals surface area contributed by atoms with Gasteiger partial charge >= 0.3 is 6.18 Å². The fourth-order valence-corrected chi connectivity index (χ4v) is 1.94. The second kappa shape index (κ2) is 5.92. The Hall–Kier alpha value is -2.41. The van der Waals surface area contributed by atoms with Gasteiger partial charge in [-0.15, -0.1) is 6.42 Å². The highest BCUT2D eigenvalue weighted by Gasteiger charge is 2.33. The Morgan fingerprint density at radius 3 is 2.52 bits per heavy atom. The van der Waals surface area contributed by atoms with E-state index in [4.69, 9.17) is 11.2 Å². The van der Waals surface area contributed by atoms with Crippen molar-refractivity contribution in [3.05, 3.63) is 64.7 Å². The van der Waals surface area contributed by atoms with E-state index < -0.39 is 11.7 Å². The van der Waals surface area contributed by atoms with Crippen molar-refractivity contribution in [2.45, 2.75) is 19.7 Å². The molecule has 0 aliphatic heterocycles. The Kier molecular flexibility index (Phi) is 4.23. The molecule has 21 heavy (non-hydrogen) atoms. The van der Waals surface area contributed by atoms with Crippen LogP contribution in [0.1, 0.15) is 22.3 Å². The van der Waals surface area contributed by atoms with Crippen LogP contribution in [0.15, 0.2) is 42.5 Å². The topological polar surface area (TPSA) is 9.23 Å². The van der Waals surface area contributed by atoms with E-state index in [1.54, 1.807) is 0 Å². The Balaban J connectivity index is 2.20. The first-order valence-electron chi connectivity index (χ1n) is 6.26. The van der Waals surface area contributed by atoms with Crippen LogP contribution < -0.4 is 4.74 Å². The Bertz CT molecular complexity index is 681. The lowest BCUT2D eigenvalue weighted by Gasteiger charge is -2.12. The zero-order valence-electron chi connectivity index (χ0n) is 11.4. The van der Waals surface area contributed by atoms with Gasteiger partial charge in [-0.1, -0.05) is 35.7 Å². The summed E-state index contributed by atoms with van der Waals surface area (Å²) in [4.78, 5) is 0. The van der Waals surface area contributed by atoms with Crippen molar-refractivity contribution in [2.75, 3.05) is 0 Å². The molecule has 2 aromatic rings. The number of hydrogen-bond acceptors (Lipinski definition) is 1. The van der Waals surface area contributed by atoms with Gasteiger partial charge in [0.2, 0.25) is 0 Å². The Morgan fingerprint density at radius 1 is 1.14 bits per heavy atom. The first kappa shape index (κ1) is 15.0. The minimum atomic E-state index is -4.50. The van der Waals surface area contributed by atoms with Crippen LogP contribution in [-0.4, -0.2) is 0 Å². The monoisotopic (exact) mass is 290 g/mol. The summed E-state index contributed by atoms with van der Waals surface area (Å²) >= 11 is 0. The smallest absolute Gasteiger partial charge is 0.417 e. The summed E-state index contributed by atoms with van der Waals surface area (Å²) in [5, 5.41) is 0. The third-order valence-corrected chi connectivity index (χ3v) is 2.94. The van der Waals surface area contributed by atoms with Gasteiger partial charge in [0.25, 0.3) is 0 Å². The van der Waals surface area contributed by atoms with Gasteiger partial charge in [0.05, 0.1) is 5.56 Å². The Labute approximate surface area is 121 Å². The van der Waals surface area contributed by atoms with E-state index in [-0.39, 0.29) is 17.9 Å². The summed E-state index contributed by atoms with van der Waals surface area (Å²) in [5.41, 5.74) is 0.913. The van der Waals surface area contributed by atoms with Gasteiger partial charge in [-0.05, 0) is 30.7 Å². The molecule has 0 unspecified atom stereocenters. The zero-order chi connectivity index (χ0) is 15.5. The molecular formula is C17H13F3O. The Morgan fingerprint density at radius 2 is 1.90 bits per heavy atom. The summed E-state index contributed by atoms with van der Waals surface area (Å²) in [5.74, 6) is 2.18. The van der Waals surface area contributed by atoms with E-state index in [0.29, 0.717) is 0 Å². The first-order chi connectivity index (χ1) is 9.90. The molecule has 0 aliphatic carbocycles. The van der Waals surface area contributed by atoms with E-state index in [2.05, 4.69) is 0 Å². The van der Waals surface area contributed by atoms with Gasteiger partial charge in [-0.25, -0.2) is 0 Å². The lowest BCUT2D eigenvalue weighted by molar-refractivity contribution is -0.137. The lowest BCUT2D eigenvalue weighted by atomic mass is 10.1. The van der Waals surface area contributed by atoms with Crippen LogP contribution in [0.3, 0.4) is 0 Å². The van der Waals surface area contributed by atoms with Gasteiger partial charge in [0.15, 0.2) is 0 Å². The maximum Gasteiger partial charge on any atom is 0.417 e. The van der Waals surface area contributed by atoms with Gasteiger partial charge < -0.3 is 4.74 Å². The van der Waals surface area contributed by atoms with E-state index in [1.165, 1.54) is 12.1 Å². The molecule has 0 aromatic heterocycles. The minimum absolute atomic E-state index is 0.142. The molecule has 108 valence electrons. The van der Waals surface area contributed by atoms with Crippen LogP contribution in [0, 0.1) is 19.3 Å². The van der Waals surface area contributed by atoms with E-state index >= 15 is 0 Å². The predicted octanol–water partition coefficient (Wildman–Crippen LogP) is 4.57. The highest BCUT2D eigenvalue weighted by Crippen LogP contribution is 2.34. The van der Waals surface area contributed by atoms with Gasteiger partial charge in [-0.2, -0.15) is 13.2 Å². The van der Waals surface area contributed by atoms with Crippen molar-refractivity contribution in [1.82, 2.24) is 0 Å². The molecule has 0 atom stereocenters. The molecule has 0 aliphatic rings. The maximum absolute atomic E-state index is 12.9. The third-order valence-electron chi connectivity index (χ3n) is 2.94. The van der Waals surface area contributed by atoms with Crippen molar-refractivity contribution in [3.63, 3.8) is 0 Å². The average molecular weight is 290 g/mol. The van der Waals surface area contributed by atoms with Crippen LogP contribution in [0.25, 0.3) is 0 Å². The molecule has 0 radical (unpaired) electrons. The van der Waals surface area contributed by atoms with Crippen LogP contribution >= 0.6 is 0 Å². The molecule has 2 aromatic carbocycles. The normalized spacial score (nSPS) is 11.0. The largest absolute Gasteiger partial charge is 0.489 e. The molecule has 0 heterocycles. The second-order valence-electron chi connectivity index (χ2n) is 4.63. The number of ether oxygens (including phenoxy) is 1. The summed E-state index contributed by atoms with van der Waals surface area (Å²) in [6.07, 6.45) is 0.593. The molecule has 0 amide bonds. The maximum atomic E-state index is 12.9. The van der Waals surface area contributed by atoms with Crippen LogP contribution in [0.4, 0.5) is 13.2 Å². The summed E-state index contributed by atoms with van der Waals surface area (Å²) in [6, 6.07) is 11.2. The number of rotatable bonds is 3. The van der Waals surface area contributed by atoms with E-state index in [1.807, 2.05) is 37.1 Å². The summed E-state index contributed by atoms with van der Waals surface area (Å²) in [7, 11) is 0. The average Bonchev–Trinajstić information content (AvgIpc) is 2.44. The predicted molar refractivity (Wildman–Crippen MR) is 74.9 cm³/mol. The fourth-order valence-electron chi connectivity index (χ4n) is 1.94. The van der Waals surface area contributed by atoms with Crippen molar-refractivity contribution in [3.8, 4) is 18.1 Å². The van der Waals surface area contributed by atoms with Crippen LogP contribution in [-0.2, 0) is 12.8 Å². The van der Waals surface area contributed by atoms with Crippen molar-refractivity contribution >= 4 is 0 Å². The molecule has 4 heteroatoms. The molecule has 0 N–H and O–H groups in total. The quantitative estimate of drug-likeness (QED) is 0.752. The SMILES string of the molecule is C#Cc1ccc(OCc2cccc(C)c2)cc1C(F)(F)F. The molecule has 1 nitrogen and oxygen atoms in total.